The number of aliphatic hydroxyl groups is 1. The van der Waals surface area contributed by atoms with Crippen LogP contribution in [0.3, 0.4) is 0 Å². The molecule has 3 aliphatic rings. The van der Waals surface area contributed by atoms with Crippen LogP contribution in [0.15, 0.2) is 11.3 Å². The van der Waals surface area contributed by atoms with Gasteiger partial charge in [-0.1, -0.05) is 6.92 Å². The average Bonchev–Trinajstić information content (AvgIpc) is 3.16. The molecular weight excluding hydrogens is 256 g/mol. The number of ketones is 2. The first kappa shape index (κ1) is 13.8. The first-order valence-electron chi connectivity index (χ1n) is 7.74. The summed E-state index contributed by atoms with van der Waals surface area (Å²) in [5.74, 6) is 0.266. The van der Waals surface area contributed by atoms with Crippen LogP contribution in [-0.2, 0) is 14.3 Å². The van der Waals surface area contributed by atoms with Gasteiger partial charge in [-0.15, -0.1) is 0 Å². The molecule has 3 unspecified atom stereocenters. The van der Waals surface area contributed by atoms with Crippen LogP contribution < -0.4 is 0 Å². The molecule has 3 fully saturated rings. The second kappa shape index (κ2) is 5.32. The van der Waals surface area contributed by atoms with E-state index in [9.17, 15) is 14.7 Å². The number of hydrogen-bond acceptors (Lipinski definition) is 4. The van der Waals surface area contributed by atoms with Gasteiger partial charge in [-0.05, 0) is 37.5 Å². The number of allylic oxidation sites excluding steroid dienone is 2. The van der Waals surface area contributed by atoms with E-state index < -0.39 is 0 Å². The molecule has 20 heavy (non-hydrogen) atoms. The van der Waals surface area contributed by atoms with Gasteiger partial charge in [-0.3, -0.25) is 9.59 Å². The SMILES string of the molecule is CCCC(O)=C1C(=O)CC(C2CCC3OC3C2)CC1=O. The van der Waals surface area contributed by atoms with Gasteiger partial charge in [0.2, 0.25) is 0 Å². The highest BCUT2D eigenvalue weighted by Crippen LogP contribution is 2.45. The fraction of sp³-hybridized carbons (Fsp3) is 0.750. The second-order valence-corrected chi connectivity index (χ2v) is 6.37. The van der Waals surface area contributed by atoms with Crippen molar-refractivity contribution >= 4 is 11.6 Å². The maximum Gasteiger partial charge on any atom is 0.170 e. The molecule has 2 saturated carbocycles. The predicted molar refractivity (Wildman–Crippen MR) is 73.3 cm³/mol. The third-order valence-electron chi connectivity index (χ3n) is 4.94. The molecule has 3 rings (SSSR count). The molecule has 0 aromatic heterocycles. The standard InChI is InChI=1S/C16H22O4/c1-2-3-11(17)16-12(18)6-10(7-13(16)19)9-4-5-14-15(8-9)20-14/h9-10,14-15,17H,2-8H2,1H3. The van der Waals surface area contributed by atoms with Gasteiger partial charge in [0.15, 0.2) is 11.6 Å². The zero-order chi connectivity index (χ0) is 14.3. The van der Waals surface area contributed by atoms with E-state index in [4.69, 9.17) is 4.74 Å². The summed E-state index contributed by atoms with van der Waals surface area (Å²) in [6.45, 7) is 1.92. The van der Waals surface area contributed by atoms with Crippen LogP contribution in [0.25, 0.3) is 0 Å². The molecule has 0 bridgehead atoms. The molecule has 4 nitrogen and oxygen atoms in total. The minimum absolute atomic E-state index is 0.00446. The van der Waals surface area contributed by atoms with Crippen LogP contribution in [0, 0.1) is 11.8 Å². The summed E-state index contributed by atoms with van der Waals surface area (Å²) >= 11 is 0. The molecule has 1 N–H and O–H groups in total. The quantitative estimate of drug-likeness (QED) is 0.373. The number of hydrogen-bond donors (Lipinski definition) is 1. The predicted octanol–water partition coefficient (Wildman–Crippen LogP) is 2.71. The number of aliphatic hydroxyl groups excluding tert-OH is 1. The van der Waals surface area contributed by atoms with Gasteiger partial charge in [0.05, 0.1) is 17.8 Å². The van der Waals surface area contributed by atoms with Gasteiger partial charge in [0.1, 0.15) is 5.76 Å². The van der Waals surface area contributed by atoms with Crippen LogP contribution in [0.1, 0.15) is 51.9 Å². The number of carbonyl (C=O) groups is 2. The van der Waals surface area contributed by atoms with E-state index in [1.807, 2.05) is 6.92 Å². The molecule has 3 atom stereocenters. The summed E-state index contributed by atoms with van der Waals surface area (Å²) in [5, 5.41) is 9.88. The topological polar surface area (TPSA) is 66.9 Å². The highest BCUT2D eigenvalue weighted by molar-refractivity contribution is 6.22. The van der Waals surface area contributed by atoms with Gasteiger partial charge < -0.3 is 9.84 Å². The second-order valence-electron chi connectivity index (χ2n) is 6.37. The molecule has 0 amide bonds. The maximum absolute atomic E-state index is 12.2. The third kappa shape index (κ3) is 2.53. The van der Waals surface area contributed by atoms with Crippen LogP contribution >= 0.6 is 0 Å². The van der Waals surface area contributed by atoms with E-state index >= 15 is 0 Å². The highest BCUT2D eigenvalue weighted by Gasteiger charge is 2.47. The van der Waals surface area contributed by atoms with Gasteiger partial charge in [0, 0.05) is 19.3 Å². The van der Waals surface area contributed by atoms with E-state index in [1.165, 1.54) is 0 Å². The van der Waals surface area contributed by atoms with Gasteiger partial charge in [0.25, 0.3) is 0 Å². The minimum atomic E-state index is -0.156. The van der Waals surface area contributed by atoms with E-state index in [1.54, 1.807) is 0 Å². The van der Waals surface area contributed by atoms with Crippen molar-refractivity contribution in [3.63, 3.8) is 0 Å². The van der Waals surface area contributed by atoms with Crippen molar-refractivity contribution in [2.75, 3.05) is 0 Å². The van der Waals surface area contributed by atoms with Crippen LogP contribution in [-0.4, -0.2) is 28.9 Å². The molecule has 0 aromatic rings. The first-order chi connectivity index (χ1) is 9.60. The van der Waals surface area contributed by atoms with Crippen molar-refractivity contribution < 1.29 is 19.4 Å². The van der Waals surface area contributed by atoms with Crippen molar-refractivity contribution in [1.82, 2.24) is 0 Å². The van der Waals surface area contributed by atoms with Gasteiger partial charge in [-0.25, -0.2) is 0 Å². The summed E-state index contributed by atoms with van der Waals surface area (Å²) in [5.41, 5.74) is 0.0828. The molecule has 0 aromatic carbocycles. The number of fused-ring (bicyclic) bond motifs is 1. The van der Waals surface area contributed by atoms with Crippen molar-refractivity contribution in [2.24, 2.45) is 11.8 Å². The molecule has 1 saturated heterocycles. The number of epoxide rings is 1. The Morgan fingerprint density at radius 2 is 1.85 bits per heavy atom. The van der Waals surface area contributed by atoms with Crippen molar-refractivity contribution in [2.45, 2.75) is 64.1 Å². The number of rotatable bonds is 3. The Hall–Kier alpha value is -1.16. The smallest absolute Gasteiger partial charge is 0.170 e. The van der Waals surface area contributed by atoms with Crippen molar-refractivity contribution in [3.05, 3.63) is 11.3 Å². The van der Waals surface area contributed by atoms with Gasteiger partial charge >= 0.3 is 0 Å². The highest BCUT2D eigenvalue weighted by atomic mass is 16.6. The van der Waals surface area contributed by atoms with E-state index in [-0.39, 0.29) is 28.8 Å². The largest absolute Gasteiger partial charge is 0.511 e. The summed E-state index contributed by atoms with van der Waals surface area (Å²) in [6, 6.07) is 0. The molecule has 2 aliphatic carbocycles. The van der Waals surface area contributed by atoms with Crippen LogP contribution in [0.2, 0.25) is 0 Å². The lowest BCUT2D eigenvalue weighted by molar-refractivity contribution is -0.126. The van der Waals surface area contributed by atoms with Crippen LogP contribution in [0.5, 0.6) is 0 Å². The summed E-state index contributed by atoms with van der Waals surface area (Å²) in [4.78, 5) is 24.4. The molecule has 4 heteroatoms. The fourth-order valence-electron chi connectivity index (χ4n) is 3.79. The van der Waals surface area contributed by atoms with Gasteiger partial charge in [-0.2, -0.15) is 0 Å². The average molecular weight is 278 g/mol. The Bertz CT molecular complexity index is 445. The minimum Gasteiger partial charge on any atom is -0.511 e. The third-order valence-corrected chi connectivity index (χ3v) is 4.94. The fourth-order valence-corrected chi connectivity index (χ4v) is 3.79. The lowest BCUT2D eigenvalue weighted by atomic mass is 9.71. The number of ether oxygens (including phenoxy) is 1. The first-order valence-corrected chi connectivity index (χ1v) is 7.74. The molecule has 1 aliphatic heterocycles. The number of carbonyl (C=O) groups excluding carboxylic acids is 2. The Balaban J connectivity index is 1.69. The molecular formula is C16H22O4. The zero-order valence-corrected chi connectivity index (χ0v) is 11.9. The Morgan fingerprint density at radius 3 is 2.45 bits per heavy atom. The van der Waals surface area contributed by atoms with Crippen LogP contribution in [0.4, 0.5) is 0 Å². The monoisotopic (exact) mass is 278 g/mol. The summed E-state index contributed by atoms with van der Waals surface area (Å²) in [7, 11) is 0. The molecule has 1 heterocycles. The normalized spacial score (nSPS) is 36.8. The summed E-state index contributed by atoms with van der Waals surface area (Å²) < 4.78 is 5.52. The molecule has 0 radical (unpaired) electrons. The summed E-state index contributed by atoms with van der Waals surface area (Å²) in [6.07, 6.45) is 5.93. The number of Topliss-reactive ketones (excluding diaryl/α,β-unsaturated/α-hetero) is 2. The van der Waals surface area contributed by atoms with Crippen molar-refractivity contribution in [1.29, 1.82) is 0 Å². The Labute approximate surface area is 119 Å². The molecule has 0 spiro atoms. The zero-order valence-electron chi connectivity index (χ0n) is 11.9. The Kier molecular flexibility index (Phi) is 3.67. The maximum atomic E-state index is 12.2. The van der Waals surface area contributed by atoms with E-state index in [0.29, 0.717) is 37.4 Å². The van der Waals surface area contributed by atoms with Crippen molar-refractivity contribution in [3.8, 4) is 0 Å². The lowest BCUT2D eigenvalue weighted by Crippen LogP contribution is -2.33. The lowest BCUT2D eigenvalue weighted by Gasteiger charge is -2.31. The van der Waals surface area contributed by atoms with E-state index in [2.05, 4.69) is 0 Å². The molecule has 110 valence electrons. The Morgan fingerprint density at radius 1 is 1.15 bits per heavy atom. The van der Waals surface area contributed by atoms with E-state index in [0.717, 1.165) is 25.7 Å².